The van der Waals surface area contributed by atoms with Crippen LogP contribution in [0.4, 0.5) is 34.1 Å². The van der Waals surface area contributed by atoms with E-state index in [2.05, 4.69) is 123 Å². The first-order chi connectivity index (χ1) is 17.8. The average molecular weight is 531 g/mol. The van der Waals surface area contributed by atoms with E-state index in [0.717, 1.165) is 49.6 Å². The summed E-state index contributed by atoms with van der Waals surface area (Å²) in [7, 11) is 0. The lowest BCUT2D eigenvalue weighted by Gasteiger charge is -2.29. The van der Waals surface area contributed by atoms with E-state index in [-0.39, 0.29) is 0 Å². The molecule has 0 aliphatic carbocycles. The Bertz CT molecular complexity index is 1610. The average Bonchev–Trinajstić information content (AvgIpc) is 3.35. The van der Waals surface area contributed by atoms with E-state index in [0.29, 0.717) is 0 Å². The fourth-order valence-corrected chi connectivity index (χ4v) is 5.01. The number of halogens is 1. The van der Waals surface area contributed by atoms with E-state index in [1.807, 2.05) is 42.7 Å². The Morgan fingerprint density at radius 3 is 1.67 bits per heavy atom. The summed E-state index contributed by atoms with van der Waals surface area (Å²) in [4.78, 5) is 4.52. The van der Waals surface area contributed by atoms with Gasteiger partial charge in [-0.05, 0) is 82.7 Å². The largest absolute Gasteiger partial charge is 0.462 e. The summed E-state index contributed by atoms with van der Waals surface area (Å²) in [5, 5.41) is 1.07. The van der Waals surface area contributed by atoms with Crippen LogP contribution in [0.5, 0.6) is 0 Å². The zero-order valence-corrected chi connectivity index (χ0v) is 21.0. The lowest BCUT2D eigenvalue weighted by atomic mass is 10.1. The van der Waals surface area contributed by atoms with Crippen molar-refractivity contribution in [1.29, 1.82) is 0 Å². The van der Waals surface area contributed by atoms with E-state index in [1.165, 1.54) is 0 Å². The van der Waals surface area contributed by atoms with Crippen molar-refractivity contribution < 1.29 is 4.42 Å². The molecular weight excluding hydrogens is 508 g/mol. The molecule has 36 heavy (non-hydrogen) atoms. The molecule has 0 N–H and O–H groups in total. The Balaban J connectivity index is 1.54. The van der Waals surface area contributed by atoms with E-state index < -0.39 is 0 Å². The highest BCUT2D eigenvalue weighted by molar-refractivity contribution is 9.10. The van der Waals surface area contributed by atoms with Crippen LogP contribution in [0.15, 0.2) is 149 Å². The van der Waals surface area contributed by atoms with Crippen LogP contribution in [-0.2, 0) is 0 Å². The molecule has 3 nitrogen and oxygen atoms in total. The van der Waals surface area contributed by atoms with Crippen molar-refractivity contribution in [3.63, 3.8) is 0 Å². The number of anilines is 6. The van der Waals surface area contributed by atoms with Crippen LogP contribution in [0.25, 0.3) is 11.0 Å². The first-order valence-corrected chi connectivity index (χ1v) is 12.6. The van der Waals surface area contributed by atoms with Crippen molar-refractivity contribution in [2.45, 2.75) is 0 Å². The van der Waals surface area contributed by atoms with E-state index >= 15 is 0 Å². The van der Waals surface area contributed by atoms with Gasteiger partial charge in [0.25, 0.3) is 0 Å². The van der Waals surface area contributed by atoms with Gasteiger partial charge in [-0.15, -0.1) is 0 Å². The molecule has 0 spiro atoms. The van der Waals surface area contributed by atoms with Gasteiger partial charge in [-0.3, -0.25) is 0 Å². The third-order valence-corrected chi connectivity index (χ3v) is 6.84. The highest BCUT2D eigenvalue weighted by Gasteiger charge is 2.20. The molecular formula is C32H23BrN2O. The number of benzene rings is 5. The highest BCUT2D eigenvalue weighted by atomic mass is 79.9. The number of nitrogens with zero attached hydrogens (tertiary/aromatic N) is 2. The molecule has 0 atom stereocenters. The van der Waals surface area contributed by atoms with Crippen molar-refractivity contribution in [1.82, 2.24) is 0 Å². The van der Waals surface area contributed by atoms with Crippen LogP contribution < -0.4 is 9.80 Å². The number of hydrogen-bond donors (Lipinski definition) is 0. The van der Waals surface area contributed by atoms with Crippen molar-refractivity contribution in [3.8, 4) is 0 Å². The molecule has 174 valence electrons. The summed E-state index contributed by atoms with van der Waals surface area (Å²) in [5.74, 6) is 0. The second kappa shape index (κ2) is 9.76. The second-order valence-corrected chi connectivity index (χ2v) is 9.28. The summed E-state index contributed by atoms with van der Waals surface area (Å²) in [5.41, 5.74) is 7.18. The lowest BCUT2D eigenvalue weighted by Crippen LogP contribution is -2.13. The fraction of sp³-hybridized carbons (Fsp3) is 0. The smallest absolute Gasteiger partial charge is 0.136 e. The molecule has 0 saturated heterocycles. The predicted octanol–water partition coefficient (Wildman–Crippen LogP) is 10.1. The molecule has 6 rings (SSSR count). The van der Waals surface area contributed by atoms with Crippen LogP contribution in [0, 0.1) is 0 Å². The van der Waals surface area contributed by atoms with Crippen LogP contribution >= 0.6 is 15.9 Å². The third kappa shape index (κ3) is 4.16. The molecule has 0 amide bonds. The molecule has 1 aromatic heterocycles. The van der Waals surface area contributed by atoms with Crippen molar-refractivity contribution >= 4 is 61.0 Å². The molecule has 0 aliphatic heterocycles. The minimum atomic E-state index is 0.865. The van der Waals surface area contributed by atoms with E-state index in [1.54, 1.807) is 0 Å². The van der Waals surface area contributed by atoms with E-state index in [4.69, 9.17) is 4.42 Å². The molecule has 1 heterocycles. The number of rotatable bonds is 6. The van der Waals surface area contributed by atoms with Gasteiger partial charge in [0.2, 0.25) is 0 Å². The first kappa shape index (κ1) is 22.2. The van der Waals surface area contributed by atoms with Crippen LogP contribution in [0.2, 0.25) is 0 Å². The summed E-state index contributed by atoms with van der Waals surface area (Å²) < 4.78 is 6.97. The van der Waals surface area contributed by atoms with Gasteiger partial charge >= 0.3 is 0 Å². The van der Waals surface area contributed by atoms with Crippen LogP contribution in [0.1, 0.15) is 0 Å². The standard InChI is InChI=1S/C32H23BrN2O/c33-29-19-8-9-20-30(29)34(24-12-3-1-4-13-24)26-16-11-17-27(22-26)35(25-14-5-2-6-15-25)31-23-36-32-21-10-7-18-28(31)32/h1-23H. The Kier molecular flexibility index (Phi) is 6.02. The molecule has 0 unspecified atom stereocenters. The lowest BCUT2D eigenvalue weighted by molar-refractivity contribution is 0.616. The predicted molar refractivity (Wildman–Crippen MR) is 153 cm³/mol. The molecule has 0 radical (unpaired) electrons. The summed E-state index contributed by atoms with van der Waals surface area (Å²) in [6.07, 6.45) is 1.84. The van der Waals surface area contributed by atoms with Gasteiger partial charge in [0, 0.05) is 32.6 Å². The molecule has 4 heteroatoms. The van der Waals surface area contributed by atoms with Gasteiger partial charge in [0.1, 0.15) is 11.8 Å². The normalized spacial score (nSPS) is 10.9. The minimum absolute atomic E-state index is 0.865. The number of fused-ring (bicyclic) bond motifs is 1. The molecule has 0 bridgehead atoms. The monoisotopic (exact) mass is 530 g/mol. The Hall–Kier alpha value is -4.28. The molecule has 0 fully saturated rings. The highest BCUT2D eigenvalue weighted by Crippen LogP contribution is 2.43. The van der Waals surface area contributed by atoms with Gasteiger partial charge in [-0.2, -0.15) is 0 Å². The quantitative estimate of drug-likeness (QED) is 0.213. The first-order valence-electron chi connectivity index (χ1n) is 11.8. The third-order valence-electron chi connectivity index (χ3n) is 6.17. The van der Waals surface area contributed by atoms with Gasteiger partial charge in [0.15, 0.2) is 0 Å². The van der Waals surface area contributed by atoms with Crippen molar-refractivity contribution in [3.05, 3.63) is 144 Å². The van der Waals surface area contributed by atoms with Crippen LogP contribution in [0.3, 0.4) is 0 Å². The summed E-state index contributed by atoms with van der Waals surface area (Å²) >= 11 is 3.77. The molecule has 0 saturated carbocycles. The minimum Gasteiger partial charge on any atom is -0.462 e. The van der Waals surface area contributed by atoms with Gasteiger partial charge in [-0.1, -0.05) is 66.7 Å². The van der Waals surface area contributed by atoms with Crippen molar-refractivity contribution in [2.24, 2.45) is 0 Å². The Morgan fingerprint density at radius 2 is 1.00 bits per heavy atom. The molecule has 5 aromatic carbocycles. The maximum Gasteiger partial charge on any atom is 0.136 e. The summed E-state index contributed by atoms with van der Waals surface area (Å²) in [6, 6.07) is 45.9. The number of para-hydroxylation sites is 4. The summed E-state index contributed by atoms with van der Waals surface area (Å²) in [6.45, 7) is 0. The van der Waals surface area contributed by atoms with Crippen molar-refractivity contribution in [2.75, 3.05) is 9.80 Å². The second-order valence-electron chi connectivity index (χ2n) is 8.43. The zero-order chi connectivity index (χ0) is 24.3. The molecule has 6 aromatic rings. The Labute approximate surface area is 219 Å². The van der Waals surface area contributed by atoms with Crippen LogP contribution in [-0.4, -0.2) is 0 Å². The van der Waals surface area contributed by atoms with E-state index in [9.17, 15) is 0 Å². The Morgan fingerprint density at radius 1 is 0.472 bits per heavy atom. The van der Waals surface area contributed by atoms with Gasteiger partial charge < -0.3 is 14.2 Å². The van der Waals surface area contributed by atoms with Gasteiger partial charge in [0.05, 0.1) is 11.4 Å². The number of furan rings is 1. The molecule has 0 aliphatic rings. The SMILES string of the molecule is Brc1ccccc1N(c1ccccc1)c1cccc(N(c2ccccc2)c2coc3ccccc23)c1. The maximum absolute atomic E-state index is 5.95. The van der Waals surface area contributed by atoms with Gasteiger partial charge in [-0.25, -0.2) is 0 Å². The topological polar surface area (TPSA) is 19.6 Å². The number of hydrogen-bond acceptors (Lipinski definition) is 3. The fourth-order valence-electron chi connectivity index (χ4n) is 4.55. The zero-order valence-electron chi connectivity index (χ0n) is 19.5. The maximum atomic E-state index is 5.95.